The molecule has 1 saturated heterocycles. The maximum atomic E-state index is 12.4. The molecule has 2 aromatic carbocycles. The molecule has 0 unspecified atom stereocenters. The van der Waals surface area contributed by atoms with E-state index in [0.717, 1.165) is 55.8 Å². The largest absolute Gasteiger partial charge is 0.495 e. The Hall–Kier alpha value is -3.83. The van der Waals surface area contributed by atoms with E-state index in [1.807, 2.05) is 24.4 Å². The Balaban J connectivity index is 1.33. The number of fused-ring (bicyclic) bond motifs is 1. The quantitative estimate of drug-likeness (QED) is 0.263. The fraction of sp³-hybridized carbons (Fsp3) is 0.379. The molecule has 40 heavy (non-hydrogen) atoms. The zero-order chi connectivity index (χ0) is 27.7. The molecule has 6 rings (SSSR count). The third-order valence-corrected chi connectivity index (χ3v) is 8.33. The van der Waals surface area contributed by atoms with Crippen LogP contribution < -0.4 is 20.7 Å². The van der Waals surface area contributed by atoms with Crippen molar-refractivity contribution in [3.63, 3.8) is 0 Å². The first-order chi connectivity index (χ1) is 19.4. The van der Waals surface area contributed by atoms with Crippen LogP contribution in [0.15, 0.2) is 48.9 Å². The molecular weight excluding hydrogens is 526 g/mol. The zero-order valence-corrected chi connectivity index (χ0v) is 23.5. The average molecular weight is 560 g/mol. The highest BCUT2D eigenvalue weighted by molar-refractivity contribution is 7.89. The molecule has 0 bridgehead atoms. The molecule has 208 valence electrons. The number of ether oxygens (including phenoxy) is 1. The van der Waals surface area contributed by atoms with Crippen molar-refractivity contribution < 1.29 is 13.2 Å². The maximum absolute atomic E-state index is 12.4. The fourth-order valence-electron chi connectivity index (χ4n) is 5.33. The lowest BCUT2D eigenvalue weighted by Gasteiger charge is -2.24. The number of aromatic nitrogens is 4. The van der Waals surface area contributed by atoms with Gasteiger partial charge in [0, 0.05) is 41.7 Å². The van der Waals surface area contributed by atoms with Crippen LogP contribution in [0.5, 0.6) is 5.75 Å². The zero-order valence-electron chi connectivity index (χ0n) is 22.6. The summed E-state index contributed by atoms with van der Waals surface area (Å²) < 4.78 is 30.4. The first-order valence-corrected chi connectivity index (χ1v) is 15.6. The standard InChI is InChI=1S/C29H33N7O3S/c1-39-26-15-20(18-9-11-30-12-10-18)5-6-24(26)35-29-33-16-21(19-3-4-19)28(36-29)34-23-7-8-25-27(32-14-13-31-25)22(23)17-40(2,37)38/h5-8,13-16,18-19,30H,3-4,9-12,17H2,1-2H3,(H2,33,34,35,36). The number of benzene rings is 2. The van der Waals surface area contributed by atoms with Crippen LogP contribution in [0.25, 0.3) is 11.0 Å². The molecule has 0 amide bonds. The third kappa shape index (κ3) is 5.85. The third-order valence-electron chi connectivity index (χ3n) is 7.52. The Kier molecular flexibility index (Phi) is 7.24. The highest BCUT2D eigenvalue weighted by atomic mass is 32.2. The van der Waals surface area contributed by atoms with Crippen LogP contribution in [0.2, 0.25) is 0 Å². The highest BCUT2D eigenvalue weighted by Crippen LogP contribution is 2.44. The number of anilines is 4. The lowest BCUT2D eigenvalue weighted by Crippen LogP contribution is -2.26. The van der Waals surface area contributed by atoms with Gasteiger partial charge in [-0.05, 0) is 80.4 Å². The molecule has 2 aliphatic rings. The van der Waals surface area contributed by atoms with Crippen molar-refractivity contribution in [1.82, 2.24) is 25.3 Å². The molecule has 0 radical (unpaired) electrons. The van der Waals surface area contributed by atoms with E-state index in [0.29, 0.717) is 45.9 Å². The van der Waals surface area contributed by atoms with Gasteiger partial charge in [-0.3, -0.25) is 9.97 Å². The second-order valence-corrected chi connectivity index (χ2v) is 12.7. The van der Waals surface area contributed by atoms with E-state index in [9.17, 15) is 8.42 Å². The minimum Gasteiger partial charge on any atom is -0.495 e. The van der Waals surface area contributed by atoms with E-state index in [-0.39, 0.29) is 5.75 Å². The van der Waals surface area contributed by atoms with Gasteiger partial charge in [0.15, 0.2) is 9.84 Å². The summed E-state index contributed by atoms with van der Waals surface area (Å²) in [5.74, 6) is 2.52. The van der Waals surface area contributed by atoms with E-state index < -0.39 is 9.84 Å². The maximum Gasteiger partial charge on any atom is 0.229 e. The van der Waals surface area contributed by atoms with Crippen molar-refractivity contribution in [3.8, 4) is 5.75 Å². The first-order valence-electron chi connectivity index (χ1n) is 13.6. The van der Waals surface area contributed by atoms with Crippen LogP contribution in [0.4, 0.5) is 23.1 Å². The van der Waals surface area contributed by atoms with Crippen LogP contribution >= 0.6 is 0 Å². The molecule has 1 aliphatic heterocycles. The minimum absolute atomic E-state index is 0.166. The molecular formula is C29H33N7O3S. The molecule has 1 saturated carbocycles. The number of rotatable bonds is 9. The van der Waals surface area contributed by atoms with E-state index in [1.165, 1.54) is 11.8 Å². The number of piperidine rings is 1. The number of nitrogens with zero attached hydrogens (tertiary/aromatic N) is 4. The van der Waals surface area contributed by atoms with E-state index in [2.05, 4.69) is 43.0 Å². The van der Waals surface area contributed by atoms with Gasteiger partial charge in [-0.15, -0.1) is 0 Å². The fourth-order valence-corrected chi connectivity index (χ4v) is 6.15. The summed E-state index contributed by atoms with van der Waals surface area (Å²) in [7, 11) is -1.67. The predicted molar refractivity (Wildman–Crippen MR) is 156 cm³/mol. The monoisotopic (exact) mass is 559 g/mol. The second-order valence-electron chi connectivity index (χ2n) is 10.6. The number of hydrogen-bond acceptors (Lipinski definition) is 10. The Labute approximate surface area is 233 Å². The molecule has 3 N–H and O–H groups in total. The SMILES string of the molecule is COc1cc(C2CCNCC2)ccc1Nc1ncc(C2CC2)c(Nc2ccc3nccnc3c2CS(C)(=O)=O)n1. The summed E-state index contributed by atoms with van der Waals surface area (Å²) in [4.78, 5) is 18.3. The van der Waals surface area contributed by atoms with Crippen LogP contribution in [0.3, 0.4) is 0 Å². The van der Waals surface area contributed by atoms with Crippen molar-refractivity contribution in [2.24, 2.45) is 0 Å². The Morgan fingerprint density at radius 2 is 1.73 bits per heavy atom. The van der Waals surface area contributed by atoms with Gasteiger partial charge in [-0.25, -0.2) is 13.4 Å². The lowest BCUT2D eigenvalue weighted by molar-refractivity contribution is 0.413. The smallest absolute Gasteiger partial charge is 0.229 e. The molecule has 0 atom stereocenters. The molecule has 4 aromatic rings. The van der Waals surface area contributed by atoms with E-state index >= 15 is 0 Å². The van der Waals surface area contributed by atoms with Crippen molar-refractivity contribution in [2.75, 3.05) is 37.1 Å². The highest BCUT2D eigenvalue weighted by Gasteiger charge is 2.28. The lowest BCUT2D eigenvalue weighted by atomic mass is 9.90. The van der Waals surface area contributed by atoms with Gasteiger partial charge in [-0.2, -0.15) is 4.98 Å². The van der Waals surface area contributed by atoms with Gasteiger partial charge >= 0.3 is 0 Å². The van der Waals surface area contributed by atoms with Crippen molar-refractivity contribution >= 4 is 44.0 Å². The van der Waals surface area contributed by atoms with Crippen LogP contribution in [0.1, 0.15) is 54.2 Å². The summed E-state index contributed by atoms with van der Waals surface area (Å²) in [6.45, 7) is 2.05. The summed E-state index contributed by atoms with van der Waals surface area (Å²) >= 11 is 0. The average Bonchev–Trinajstić information content (AvgIpc) is 3.80. The molecule has 3 heterocycles. The summed E-state index contributed by atoms with van der Waals surface area (Å²) in [5, 5.41) is 10.2. The van der Waals surface area contributed by atoms with Crippen LogP contribution in [-0.4, -0.2) is 54.8 Å². The normalized spacial score (nSPS) is 16.1. The summed E-state index contributed by atoms with van der Waals surface area (Å²) in [6, 6.07) is 9.94. The minimum atomic E-state index is -3.34. The molecule has 2 fully saturated rings. The number of hydrogen-bond donors (Lipinski definition) is 3. The van der Waals surface area contributed by atoms with E-state index in [4.69, 9.17) is 9.72 Å². The van der Waals surface area contributed by atoms with Gasteiger partial charge in [-0.1, -0.05) is 6.07 Å². The summed E-state index contributed by atoms with van der Waals surface area (Å²) in [6.07, 6.45) is 10.6. The molecule has 10 nitrogen and oxygen atoms in total. The van der Waals surface area contributed by atoms with Crippen molar-refractivity contribution in [3.05, 3.63) is 65.6 Å². The molecule has 2 aromatic heterocycles. The van der Waals surface area contributed by atoms with Gasteiger partial charge in [0.25, 0.3) is 0 Å². The van der Waals surface area contributed by atoms with Gasteiger partial charge in [0.2, 0.25) is 5.95 Å². The van der Waals surface area contributed by atoms with E-state index in [1.54, 1.807) is 19.5 Å². The Morgan fingerprint density at radius 1 is 0.950 bits per heavy atom. The number of nitrogens with one attached hydrogen (secondary N) is 3. The molecule has 0 spiro atoms. The summed E-state index contributed by atoms with van der Waals surface area (Å²) in [5.41, 5.74) is 5.45. The van der Waals surface area contributed by atoms with Gasteiger partial charge in [0.1, 0.15) is 11.6 Å². The van der Waals surface area contributed by atoms with Crippen molar-refractivity contribution in [2.45, 2.75) is 43.3 Å². The van der Waals surface area contributed by atoms with Gasteiger partial charge < -0.3 is 20.7 Å². The molecule has 11 heteroatoms. The Bertz CT molecular complexity index is 1650. The van der Waals surface area contributed by atoms with Crippen LogP contribution in [-0.2, 0) is 15.6 Å². The number of methoxy groups -OCH3 is 1. The predicted octanol–water partition coefficient (Wildman–Crippen LogP) is 4.80. The topological polar surface area (TPSA) is 131 Å². The first kappa shape index (κ1) is 26.4. The van der Waals surface area contributed by atoms with Crippen LogP contribution in [0, 0.1) is 0 Å². The molecule has 1 aliphatic carbocycles. The number of sulfone groups is 1. The second kappa shape index (κ2) is 11.0. The Morgan fingerprint density at radius 3 is 2.48 bits per heavy atom. The van der Waals surface area contributed by atoms with Gasteiger partial charge in [0.05, 0.1) is 29.6 Å². The van der Waals surface area contributed by atoms with Crippen molar-refractivity contribution in [1.29, 1.82) is 0 Å².